The Morgan fingerprint density at radius 3 is 2.68 bits per heavy atom. The van der Waals surface area contributed by atoms with E-state index in [0.29, 0.717) is 11.6 Å². The summed E-state index contributed by atoms with van der Waals surface area (Å²) in [5.74, 6) is 0.748. The average Bonchev–Trinajstić information content (AvgIpc) is 2.34. The molecule has 1 aromatic carbocycles. The van der Waals surface area contributed by atoms with Gasteiger partial charge in [0.05, 0.1) is 9.50 Å². The Morgan fingerprint density at radius 1 is 1.37 bits per heavy atom. The van der Waals surface area contributed by atoms with E-state index in [4.69, 9.17) is 16.3 Å². The van der Waals surface area contributed by atoms with Gasteiger partial charge in [0, 0.05) is 32.7 Å². The highest BCUT2D eigenvalue weighted by molar-refractivity contribution is 9.10. The summed E-state index contributed by atoms with van der Waals surface area (Å²) in [6, 6.07) is 3.94. The van der Waals surface area contributed by atoms with E-state index in [0.717, 1.165) is 48.5 Å². The molecule has 0 aromatic heterocycles. The third-order valence-corrected chi connectivity index (χ3v) is 3.88. The predicted octanol–water partition coefficient (Wildman–Crippen LogP) is 3.12. The van der Waals surface area contributed by atoms with Crippen LogP contribution in [-0.4, -0.2) is 44.2 Å². The molecule has 0 amide bonds. The topological polar surface area (TPSA) is 24.5 Å². The second kappa shape index (κ2) is 8.32. The van der Waals surface area contributed by atoms with Crippen LogP contribution in [0, 0.1) is 6.92 Å². The van der Waals surface area contributed by atoms with Crippen LogP contribution in [0.4, 0.5) is 0 Å². The fraction of sp³-hybridized carbons (Fsp3) is 0.538. The van der Waals surface area contributed by atoms with E-state index in [1.165, 1.54) is 0 Å². The van der Waals surface area contributed by atoms with E-state index in [-0.39, 0.29) is 12.4 Å². The van der Waals surface area contributed by atoms with Crippen LogP contribution in [0.1, 0.15) is 5.56 Å². The molecular weight excluding hydrogens is 351 g/mol. The molecule has 108 valence electrons. The summed E-state index contributed by atoms with van der Waals surface area (Å²) in [4.78, 5) is 2.40. The van der Waals surface area contributed by atoms with Crippen LogP contribution >= 0.6 is 39.9 Å². The highest BCUT2D eigenvalue weighted by atomic mass is 79.9. The van der Waals surface area contributed by atoms with E-state index < -0.39 is 0 Å². The lowest BCUT2D eigenvalue weighted by Crippen LogP contribution is -2.44. The second-order valence-electron chi connectivity index (χ2n) is 4.50. The van der Waals surface area contributed by atoms with Crippen LogP contribution in [0.25, 0.3) is 0 Å². The molecule has 0 aliphatic carbocycles. The van der Waals surface area contributed by atoms with E-state index >= 15 is 0 Å². The van der Waals surface area contributed by atoms with Crippen molar-refractivity contribution >= 4 is 39.9 Å². The number of piperazine rings is 1. The fourth-order valence-corrected chi connectivity index (χ4v) is 3.17. The number of aryl methyl sites for hydroxylation is 1. The Balaban J connectivity index is 0.00000180. The third kappa shape index (κ3) is 5.12. The van der Waals surface area contributed by atoms with Crippen molar-refractivity contribution in [2.45, 2.75) is 6.92 Å². The number of hydrogen-bond donors (Lipinski definition) is 1. The molecule has 1 heterocycles. The number of nitrogens with zero attached hydrogens (tertiary/aromatic N) is 1. The summed E-state index contributed by atoms with van der Waals surface area (Å²) in [7, 11) is 0. The zero-order valence-electron chi connectivity index (χ0n) is 10.9. The molecular formula is C13H19BrCl2N2O. The lowest BCUT2D eigenvalue weighted by Gasteiger charge is -2.27. The van der Waals surface area contributed by atoms with Gasteiger partial charge in [0.2, 0.25) is 0 Å². The van der Waals surface area contributed by atoms with Gasteiger partial charge in [0.15, 0.2) is 5.75 Å². The molecule has 0 radical (unpaired) electrons. The zero-order chi connectivity index (χ0) is 13.0. The Labute approximate surface area is 134 Å². The normalized spacial score (nSPS) is 15.9. The second-order valence-corrected chi connectivity index (χ2v) is 5.76. The lowest BCUT2D eigenvalue weighted by molar-refractivity contribution is 0.191. The van der Waals surface area contributed by atoms with Crippen LogP contribution in [0.2, 0.25) is 5.02 Å². The molecule has 6 heteroatoms. The molecule has 1 fully saturated rings. The van der Waals surface area contributed by atoms with Gasteiger partial charge in [-0.15, -0.1) is 12.4 Å². The predicted molar refractivity (Wildman–Crippen MR) is 85.9 cm³/mol. The van der Waals surface area contributed by atoms with E-state index in [1.54, 1.807) is 0 Å². The zero-order valence-corrected chi connectivity index (χ0v) is 14.1. The summed E-state index contributed by atoms with van der Waals surface area (Å²) in [6.07, 6.45) is 0. The molecule has 0 atom stereocenters. The number of halogens is 3. The molecule has 0 bridgehead atoms. The minimum atomic E-state index is 0. The van der Waals surface area contributed by atoms with Crippen molar-refractivity contribution in [3.05, 3.63) is 27.2 Å². The van der Waals surface area contributed by atoms with Gasteiger partial charge >= 0.3 is 0 Å². The minimum Gasteiger partial charge on any atom is -0.490 e. The molecule has 0 spiro atoms. The molecule has 0 unspecified atom stereocenters. The monoisotopic (exact) mass is 368 g/mol. The van der Waals surface area contributed by atoms with Crippen molar-refractivity contribution in [3.63, 3.8) is 0 Å². The molecule has 1 saturated heterocycles. The smallest absolute Gasteiger partial charge is 0.152 e. The van der Waals surface area contributed by atoms with Crippen molar-refractivity contribution in [3.8, 4) is 5.75 Å². The Morgan fingerprint density at radius 2 is 2.05 bits per heavy atom. The van der Waals surface area contributed by atoms with Crippen molar-refractivity contribution < 1.29 is 4.74 Å². The molecule has 0 saturated carbocycles. The van der Waals surface area contributed by atoms with Crippen LogP contribution in [0.3, 0.4) is 0 Å². The molecule has 3 nitrogen and oxygen atoms in total. The maximum Gasteiger partial charge on any atom is 0.152 e. The number of benzene rings is 1. The third-order valence-electron chi connectivity index (χ3n) is 3.01. The summed E-state index contributed by atoms with van der Waals surface area (Å²) in [5.41, 5.74) is 1.13. The summed E-state index contributed by atoms with van der Waals surface area (Å²) >= 11 is 9.67. The number of nitrogens with one attached hydrogen (secondary N) is 1. The highest BCUT2D eigenvalue weighted by Crippen LogP contribution is 2.34. The van der Waals surface area contributed by atoms with Gasteiger partial charge in [-0.05, 0) is 40.5 Å². The first-order valence-corrected chi connectivity index (χ1v) is 7.35. The van der Waals surface area contributed by atoms with Crippen molar-refractivity contribution in [2.24, 2.45) is 0 Å². The fourth-order valence-electron chi connectivity index (χ4n) is 2.04. The SMILES string of the molecule is Cc1cc(Cl)c(OCCN2CCNCC2)c(Br)c1.Cl. The highest BCUT2D eigenvalue weighted by Gasteiger charge is 2.11. The van der Waals surface area contributed by atoms with Gasteiger partial charge < -0.3 is 10.1 Å². The maximum atomic E-state index is 6.18. The summed E-state index contributed by atoms with van der Waals surface area (Å²) in [5, 5.41) is 4.00. The van der Waals surface area contributed by atoms with Crippen molar-refractivity contribution in [2.75, 3.05) is 39.3 Å². The molecule has 1 aliphatic heterocycles. The summed E-state index contributed by atoms with van der Waals surface area (Å²) < 4.78 is 6.71. The van der Waals surface area contributed by atoms with Crippen LogP contribution in [-0.2, 0) is 0 Å². The van der Waals surface area contributed by atoms with Gasteiger partial charge in [-0.2, -0.15) is 0 Å². The minimum absolute atomic E-state index is 0. The molecule has 1 N–H and O–H groups in total. The number of ether oxygens (including phenoxy) is 1. The molecule has 1 aliphatic rings. The number of hydrogen-bond acceptors (Lipinski definition) is 3. The Hall–Kier alpha value is -0.0000000000000000555. The van der Waals surface area contributed by atoms with Gasteiger partial charge in [-0.1, -0.05) is 11.6 Å². The maximum absolute atomic E-state index is 6.18. The molecule has 1 aromatic rings. The van der Waals surface area contributed by atoms with E-state index in [9.17, 15) is 0 Å². The van der Waals surface area contributed by atoms with Gasteiger partial charge in [-0.3, -0.25) is 4.90 Å². The van der Waals surface area contributed by atoms with Gasteiger partial charge in [0.1, 0.15) is 6.61 Å². The van der Waals surface area contributed by atoms with E-state index in [2.05, 4.69) is 26.1 Å². The largest absolute Gasteiger partial charge is 0.490 e. The van der Waals surface area contributed by atoms with Crippen molar-refractivity contribution in [1.29, 1.82) is 0 Å². The molecule has 19 heavy (non-hydrogen) atoms. The first-order valence-electron chi connectivity index (χ1n) is 6.18. The Bertz CT molecular complexity index is 389. The first kappa shape index (κ1) is 17.1. The quantitative estimate of drug-likeness (QED) is 0.882. The summed E-state index contributed by atoms with van der Waals surface area (Å²) in [6.45, 7) is 7.93. The van der Waals surface area contributed by atoms with Crippen LogP contribution in [0.15, 0.2) is 16.6 Å². The van der Waals surface area contributed by atoms with E-state index in [1.807, 2.05) is 19.1 Å². The van der Waals surface area contributed by atoms with Crippen molar-refractivity contribution in [1.82, 2.24) is 10.2 Å². The molecule has 2 rings (SSSR count). The number of rotatable bonds is 4. The van der Waals surface area contributed by atoms with Crippen LogP contribution < -0.4 is 10.1 Å². The standard InChI is InChI=1S/C13H18BrClN2O.ClH/c1-10-8-11(14)13(12(15)9-10)18-7-6-17-4-2-16-3-5-17;/h8-9,16H,2-7H2,1H3;1H. The van der Waals surface area contributed by atoms with Gasteiger partial charge in [-0.25, -0.2) is 0 Å². The average molecular weight is 370 g/mol. The Kier molecular flexibility index (Phi) is 7.47. The van der Waals surface area contributed by atoms with Gasteiger partial charge in [0.25, 0.3) is 0 Å². The first-order chi connectivity index (χ1) is 8.66. The lowest BCUT2D eigenvalue weighted by atomic mass is 10.2. The van der Waals surface area contributed by atoms with Crippen LogP contribution in [0.5, 0.6) is 5.75 Å².